The molecule has 1 aromatic carbocycles. The summed E-state index contributed by atoms with van der Waals surface area (Å²) in [4.78, 5) is 22.6. The topological polar surface area (TPSA) is 66.4 Å². The maximum atomic E-state index is 11.4. The molecule has 0 bridgehead atoms. The van der Waals surface area contributed by atoms with E-state index in [0.717, 1.165) is 17.3 Å². The van der Waals surface area contributed by atoms with E-state index < -0.39 is 11.2 Å². The van der Waals surface area contributed by atoms with Crippen LogP contribution in [0.2, 0.25) is 0 Å². The minimum atomic E-state index is -0.898. The van der Waals surface area contributed by atoms with E-state index >= 15 is 0 Å². The van der Waals surface area contributed by atoms with E-state index in [1.54, 1.807) is 6.08 Å². The highest BCUT2D eigenvalue weighted by Gasteiger charge is 2.19. The van der Waals surface area contributed by atoms with Crippen LogP contribution >= 0.6 is 11.8 Å². The zero-order chi connectivity index (χ0) is 14.1. The summed E-state index contributed by atoms with van der Waals surface area (Å²) in [7, 11) is 0. The molecule has 19 heavy (non-hydrogen) atoms. The number of nitrogens with one attached hydrogen (secondary N) is 1. The van der Waals surface area contributed by atoms with Gasteiger partial charge in [-0.2, -0.15) is 0 Å². The molecule has 1 aromatic rings. The van der Waals surface area contributed by atoms with Gasteiger partial charge in [0.25, 0.3) is 0 Å². The van der Waals surface area contributed by atoms with Crippen molar-refractivity contribution < 1.29 is 14.7 Å². The first kappa shape index (κ1) is 15.3. The normalized spacial score (nSPS) is 11.6. The van der Waals surface area contributed by atoms with Crippen molar-refractivity contribution in [2.24, 2.45) is 0 Å². The Bertz CT molecular complexity index is 434. The minimum absolute atomic E-state index is 0.137. The fourth-order valence-corrected chi connectivity index (χ4v) is 2.37. The second kappa shape index (κ2) is 8.37. The van der Waals surface area contributed by atoms with E-state index in [2.05, 4.69) is 11.9 Å². The van der Waals surface area contributed by atoms with Gasteiger partial charge in [0.05, 0.1) is 5.75 Å². The number of amides is 1. The molecule has 0 aliphatic heterocycles. The van der Waals surface area contributed by atoms with Gasteiger partial charge in [0.2, 0.25) is 5.91 Å². The molecule has 0 saturated heterocycles. The van der Waals surface area contributed by atoms with Crippen LogP contribution in [-0.4, -0.2) is 34.5 Å². The second-order valence-electron chi connectivity index (χ2n) is 3.92. The van der Waals surface area contributed by atoms with E-state index in [-0.39, 0.29) is 11.7 Å². The Morgan fingerprint density at radius 2 is 2.05 bits per heavy atom. The highest BCUT2D eigenvalue weighted by Crippen LogP contribution is 2.16. The highest BCUT2D eigenvalue weighted by atomic mass is 32.2. The van der Waals surface area contributed by atoms with Crippen LogP contribution in [0.15, 0.2) is 43.0 Å². The van der Waals surface area contributed by atoms with Gasteiger partial charge in [-0.05, 0) is 12.0 Å². The standard InChI is InChI=1S/C14H17NO3S/c1-2-8-15-13(16)10-19-12(14(17)18)9-11-6-4-3-5-7-11/h2-7,12H,1,8-10H2,(H,15,16)(H,17,18). The number of carbonyl (C=O) groups is 2. The molecule has 4 nitrogen and oxygen atoms in total. The summed E-state index contributed by atoms with van der Waals surface area (Å²) in [6, 6.07) is 9.39. The molecule has 0 aliphatic carbocycles. The van der Waals surface area contributed by atoms with Crippen LogP contribution in [-0.2, 0) is 16.0 Å². The quantitative estimate of drug-likeness (QED) is 0.711. The number of carboxylic acid groups (broad SMARTS) is 1. The molecule has 0 spiro atoms. The number of benzene rings is 1. The Hall–Kier alpha value is -1.75. The zero-order valence-corrected chi connectivity index (χ0v) is 11.4. The summed E-state index contributed by atoms with van der Waals surface area (Å²) in [5.74, 6) is -0.938. The van der Waals surface area contributed by atoms with Crippen molar-refractivity contribution >= 4 is 23.6 Å². The first-order valence-corrected chi connectivity index (χ1v) is 6.94. The van der Waals surface area contributed by atoms with Crippen molar-refractivity contribution in [3.05, 3.63) is 48.6 Å². The third kappa shape index (κ3) is 6.10. The summed E-state index contributed by atoms with van der Waals surface area (Å²) >= 11 is 1.14. The molecule has 0 fully saturated rings. The molecule has 1 atom stereocenters. The van der Waals surface area contributed by atoms with Crippen LogP contribution in [0.1, 0.15) is 5.56 Å². The Morgan fingerprint density at radius 3 is 2.63 bits per heavy atom. The molecule has 0 heterocycles. The van der Waals surface area contributed by atoms with Crippen molar-refractivity contribution in [2.45, 2.75) is 11.7 Å². The molecule has 1 amide bonds. The molecule has 0 aromatic heterocycles. The Labute approximate surface area is 116 Å². The second-order valence-corrected chi connectivity index (χ2v) is 5.11. The van der Waals surface area contributed by atoms with Gasteiger partial charge >= 0.3 is 5.97 Å². The van der Waals surface area contributed by atoms with Gasteiger partial charge in [0.15, 0.2) is 0 Å². The molecule has 1 rings (SSSR count). The van der Waals surface area contributed by atoms with Gasteiger partial charge in [-0.1, -0.05) is 36.4 Å². The van der Waals surface area contributed by atoms with Gasteiger partial charge in [-0.15, -0.1) is 18.3 Å². The highest BCUT2D eigenvalue weighted by molar-refractivity contribution is 8.01. The third-order valence-corrected chi connectivity index (χ3v) is 3.60. The van der Waals surface area contributed by atoms with Crippen LogP contribution in [0.5, 0.6) is 0 Å². The average Bonchev–Trinajstić information content (AvgIpc) is 2.41. The van der Waals surface area contributed by atoms with Crippen molar-refractivity contribution in [1.82, 2.24) is 5.32 Å². The van der Waals surface area contributed by atoms with Crippen LogP contribution < -0.4 is 5.32 Å². The lowest BCUT2D eigenvalue weighted by atomic mass is 10.1. The predicted octanol–water partition coefficient (Wildman–Crippen LogP) is 1.72. The van der Waals surface area contributed by atoms with E-state index in [1.807, 2.05) is 30.3 Å². The molecular formula is C14H17NO3S. The summed E-state index contributed by atoms with van der Waals surface area (Å²) in [5, 5.41) is 11.2. The molecule has 0 aliphatic rings. The smallest absolute Gasteiger partial charge is 0.316 e. The van der Waals surface area contributed by atoms with Crippen LogP contribution in [0.3, 0.4) is 0 Å². The fourth-order valence-electron chi connectivity index (χ4n) is 1.46. The summed E-state index contributed by atoms with van der Waals surface area (Å²) in [6.45, 7) is 3.89. The molecule has 5 heteroatoms. The fraction of sp³-hybridized carbons (Fsp3) is 0.286. The van der Waals surface area contributed by atoms with E-state index in [4.69, 9.17) is 5.11 Å². The maximum Gasteiger partial charge on any atom is 0.316 e. The number of hydrogen-bond acceptors (Lipinski definition) is 3. The number of carbonyl (C=O) groups excluding carboxylic acids is 1. The molecule has 102 valence electrons. The zero-order valence-electron chi connectivity index (χ0n) is 10.5. The van der Waals surface area contributed by atoms with Crippen LogP contribution in [0, 0.1) is 0 Å². The summed E-state index contributed by atoms with van der Waals surface area (Å²) < 4.78 is 0. The van der Waals surface area contributed by atoms with Gasteiger partial charge in [-0.3, -0.25) is 9.59 Å². The molecule has 1 unspecified atom stereocenters. The Balaban J connectivity index is 2.47. The van der Waals surface area contributed by atoms with Crippen LogP contribution in [0.4, 0.5) is 0 Å². The largest absolute Gasteiger partial charge is 0.480 e. The molecule has 0 saturated carbocycles. The summed E-state index contributed by atoms with van der Waals surface area (Å²) in [5.41, 5.74) is 0.953. The number of rotatable bonds is 8. The monoisotopic (exact) mass is 279 g/mol. The first-order chi connectivity index (χ1) is 9.13. The number of thioether (sulfide) groups is 1. The summed E-state index contributed by atoms with van der Waals surface area (Å²) in [6.07, 6.45) is 2.00. The minimum Gasteiger partial charge on any atom is -0.480 e. The SMILES string of the molecule is C=CCNC(=O)CSC(Cc1ccccc1)C(=O)O. The van der Waals surface area contributed by atoms with Crippen molar-refractivity contribution in [3.8, 4) is 0 Å². The van der Waals surface area contributed by atoms with Gasteiger partial charge in [-0.25, -0.2) is 0 Å². The molecule has 0 radical (unpaired) electrons. The first-order valence-electron chi connectivity index (χ1n) is 5.89. The van der Waals surface area contributed by atoms with E-state index in [0.29, 0.717) is 13.0 Å². The van der Waals surface area contributed by atoms with Crippen molar-refractivity contribution in [2.75, 3.05) is 12.3 Å². The average molecular weight is 279 g/mol. The lowest BCUT2D eigenvalue weighted by molar-refractivity contribution is -0.136. The van der Waals surface area contributed by atoms with E-state index in [1.165, 1.54) is 0 Å². The predicted molar refractivity (Wildman–Crippen MR) is 77.2 cm³/mol. The van der Waals surface area contributed by atoms with Gasteiger partial charge in [0, 0.05) is 6.54 Å². The molecule has 2 N–H and O–H groups in total. The lowest BCUT2D eigenvalue weighted by Crippen LogP contribution is -2.28. The van der Waals surface area contributed by atoms with Crippen molar-refractivity contribution in [1.29, 1.82) is 0 Å². The van der Waals surface area contributed by atoms with E-state index in [9.17, 15) is 9.59 Å². The maximum absolute atomic E-state index is 11.4. The Kier molecular flexibility index (Phi) is 6.74. The van der Waals surface area contributed by atoms with Gasteiger partial charge < -0.3 is 10.4 Å². The van der Waals surface area contributed by atoms with Crippen molar-refractivity contribution in [3.63, 3.8) is 0 Å². The molecular weight excluding hydrogens is 262 g/mol. The van der Waals surface area contributed by atoms with Crippen LogP contribution in [0.25, 0.3) is 0 Å². The lowest BCUT2D eigenvalue weighted by Gasteiger charge is -2.11. The third-order valence-electron chi connectivity index (χ3n) is 2.40. The number of aliphatic carboxylic acids is 1. The number of hydrogen-bond donors (Lipinski definition) is 2. The number of carboxylic acids is 1. The van der Waals surface area contributed by atoms with Gasteiger partial charge in [0.1, 0.15) is 5.25 Å². The Morgan fingerprint density at radius 1 is 1.37 bits per heavy atom.